The van der Waals surface area contributed by atoms with Crippen LogP contribution in [0.2, 0.25) is 0 Å². The Balaban J connectivity index is 0.000000536. The summed E-state index contributed by atoms with van der Waals surface area (Å²) < 4.78 is 11.3. The molecule has 7 rings (SSSR count). The summed E-state index contributed by atoms with van der Waals surface area (Å²) in [6, 6.07) is 38.1. The Morgan fingerprint density at radius 3 is 1.00 bits per heavy atom. The Bertz CT molecular complexity index is 3460. The van der Waals surface area contributed by atoms with Crippen LogP contribution in [-0.4, -0.2) is 305 Å². The molecule has 2 atom stereocenters. The number of aryl methyl sites for hydroxylation is 3. The van der Waals surface area contributed by atoms with Crippen LogP contribution in [0, 0.1) is 79.9 Å². The van der Waals surface area contributed by atoms with Gasteiger partial charge < -0.3 is 51.6 Å². The van der Waals surface area contributed by atoms with Gasteiger partial charge in [0.2, 0.25) is 0 Å². The largest absolute Gasteiger partial charge is 3.00 e. The second-order valence-corrected chi connectivity index (χ2v) is 26.5. The first-order chi connectivity index (χ1) is 49.4. The van der Waals surface area contributed by atoms with E-state index in [2.05, 4.69) is 12.6 Å². The third kappa shape index (κ3) is 39.5. The first-order valence-corrected chi connectivity index (χ1v) is 35.1. The third-order valence-electron chi connectivity index (χ3n) is 18.0. The molecule has 5 aromatic rings. The predicted octanol–water partition coefficient (Wildman–Crippen LogP) is 3.81. The molecular formula is C77H108Gd2N10O17+6. The number of carboxylic acids is 5. The molecule has 0 aliphatic carbocycles. The van der Waals surface area contributed by atoms with Crippen molar-refractivity contribution in [3.05, 3.63) is 167 Å². The van der Waals surface area contributed by atoms with Crippen molar-refractivity contribution >= 4 is 63.8 Å². The molecule has 2 heterocycles. The zero-order valence-electron chi connectivity index (χ0n) is 59.8. The summed E-state index contributed by atoms with van der Waals surface area (Å²) in [4.78, 5) is 123. The SMILES string of the molecule is C.C=C(O)CN1CCN(CC(=O)O)CCN(CC(=O)CCc2ccc(COCC(=O)[C@H](N)CCc3ccccc3)cc2)CCN(CC(=O)O)CC1.N[C@H](Cc1ccc2ccccc2c1)C(=O)COCc1ccc(CCC(=O)CN2CCN(CC(=O)O)CCN(CC(=O)O)CCN(CC(=O)O)CC2)cc1.[Gd+3].[Gd+3]. The van der Waals surface area contributed by atoms with E-state index in [1.165, 1.54) is 0 Å². The van der Waals surface area contributed by atoms with Crippen LogP contribution < -0.4 is 11.5 Å². The fourth-order valence-corrected chi connectivity index (χ4v) is 12.1. The van der Waals surface area contributed by atoms with Gasteiger partial charge in [0.25, 0.3) is 0 Å². The van der Waals surface area contributed by atoms with E-state index in [9.17, 15) is 73.8 Å². The molecule has 0 bridgehead atoms. The summed E-state index contributed by atoms with van der Waals surface area (Å²) in [5.74, 6) is -5.18. The van der Waals surface area contributed by atoms with Gasteiger partial charge in [-0.2, -0.15) is 0 Å². The maximum Gasteiger partial charge on any atom is 3.00 e. The van der Waals surface area contributed by atoms with Gasteiger partial charge in [0.1, 0.15) is 24.8 Å². The van der Waals surface area contributed by atoms with Crippen LogP contribution in [-0.2, 0) is 91.5 Å². The van der Waals surface area contributed by atoms with Crippen molar-refractivity contribution in [1.82, 2.24) is 39.2 Å². The molecule has 0 saturated carbocycles. The van der Waals surface area contributed by atoms with Crippen LogP contribution in [0.5, 0.6) is 0 Å². The average molecular weight is 1760 g/mol. The van der Waals surface area contributed by atoms with Gasteiger partial charge in [-0.05, 0) is 76.3 Å². The van der Waals surface area contributed by atoms with Crippen LogP contribution in [0.1, 0.15) is 60.1 Å². The van der Waals surface area contributed by atoms with E-state index in [1.54, 1.807) is 14.7 Å². The zero-order chi connectivity index (χ0) is 74.5. The Labute approximate surface area is 686 Å². The Morgan fingerprint density at radius 2 is 0.651 bits per heavy atom. The molecule has 2 saturated heterocycles. The number of carbonyl (C=O) groups excluding carboxylic acids is 4. The smallest absolute Gasteiger partial charge is 0.512 e. The van der Waals surface area contributed by atoms with Crippen molar-refractivity contribution < 1.29 is 163 Å². The molecule has 0 aromatic heterocycles. The number of carboxylic acid groups (broad SMARTS) is 5. The Kier molecular flexibility index (Phi) is 46.5. The van der Waals surface area contributed by atoms with Crippen molar-refractivity contribution in [2.75, 3.05) is 170 Å². The number of fused-ring (bicyclic) bond motifs is 1. The Morgan fingerprint density at radius 1 is 0.358 bits per heavy atom. The summed E-state index contributed by atoms with van der Waals surface area (Å²) in [5.41, 5.74) is 18.1. The van der Waals surface area contributed by atoms with Gasteiger partial charge in [-0.3, -0.25) is 82.4 Å². The number of ketones is 4. The second-order valence-electron chi connectivity index (χ2n) is 26.5. The van der Waals surface area contributed by atoms with E-state index in [0.29, 0.717) is 137 Å². The monoisotopic (exact) mass is 1760 g/mol. The molecule has 29 heteroatoms. The predicted molar refractivity (Wildman–Crippen MR) is 395 cm³/mol. The number of Topliss-reactive ketones (excluding diaryl/α,β-unsaturated/α-hetero) is 4. The molecule has 2 fully saturated rings. The zero-order valence-corrected chi connectivity index (χ0v) is 64.3. The van der Waals surface area contributed by atoms with Crippen molar-refractivity contribution in [2.45, 2.75) is 77.7 Å². The molecule has 0 amide bonds. The molecule has 5 aromatic carbocycles. The number of rotatable bonds is 37. The third-order valence-corrected chi connectivity index (χ3v) is 18.0. The average Bonchev–Trinajstić information content (AvgIpc) is 0.838. The molecule has 106 heavy (non-hydrogen) atoms. The number of benzene rings is 5. The summed E-state index contributed by atoms with van der Waals surface area (Å²) in [7, 11) is 0. The number of nitrogens with two attached hydrogens (primary N) is 2. The Hall–Kier alpha value is -5.90. The van der Waals surface area contributed by atoms with Crippen LogP contribution in [0.4, 0.5) is 0 Å². The number of aliphatic hydroxyl groups is 1. The van der Waals surface area contributed by atoms with Gasteiger partial charge in [0, 0.05) is 118 Å². The van der Waals surface area contributed by atoms with Crippen LogP contribution in [0.3, 0.4) is 0 Å². The van der Waals surface area contributed by atoms with E-state index < -0.39 is 41.9 Å². The minimum Gasteiger partial charge on any atom is -0.512 e. The molecule has 0 spiro atoms. The first-order valence-electron chi connectivity index (χ1n) is 35.1. The van der Waals surface area contributed by atoms with Gasteiger partial charge >= 0.3 is 110 Å². The van der Waals surface area contributed by atoms with Gasteiger partial charge in [0.05, 0.1) is 83.4 Å². The molecule has 2 aliphatic heterocycles. The molecule has 2 radical (unpaired) electrons. The van der Waals surface area contributed by atoms with Gasteiger partial charge in [-0.25, -0.2) is 0 Å². The quantitative estimate of drug-likeness (QED) is 0.0262. The van der Waals surface area contributed by atoms with Gasteiger partial charge in [-0.15, -0.1) is 0 Å². The number of aliphatic hydroxyl groups excluding tert-OH is 1. The molecule has 2 aliphatic rings. The maximum absolute atomic E-state index is 13.1. The number of nitrogens with zero attached hydrogens (tertiary/aromatic N) is 8. The van der Waals surface area contributed by atoms with Crippen LogP contribution in [0.25, 0.3) is 10.8 Å². The van der Waals surface area contributed by atoms with Crippen molar-refractivity contribution in [3.8, 4) is 0 Å². The fourth-order valence-electron chi connectivity index (χ4n) is 12.1. The van der Waals surface area contributed by atoms with E-state index >= 15 is 0 Å². The van der Waals surface area contributed by atoms with E-state index in [4.69, 9.17) is 20.9 Å². The van der Waals surface area contributed by atoms with E-state index in [0.717, 1.165) is 50.6 Å². The summed E-state index contributed by atoms with van der Waals surface area (Å²) in [6.45, 7) is 9.76. The topological polar surface area (TPSA) is 371 Å². The molecule has 27 nitrogen and oxygen atoms in total. The van der Waals surface area contributed by atoms with Crippen molar-refractivity contribution in [2.24, 2.45) is 11.5 Å². The van der Waals surface area contributed by atoms with Crippen molar-refractivity contribution in [3.63, 3.8) is 0 Å². The molecule has 10 N–H and O–H groups in total. The number of aliphatic carboxylic acids is 5. The first kappa shape index (κ1) is 94.3. The van der Waals surface area contributed by atoms with Gasteiger partial charge in [-0.1, -0.05) is 135 Å². The van der Waals surface area contributed by atoms with Gasteiger partial charge in [0.15, 0.2) is 11.6 Å². The minimum atomic E-state index is -1.01. The second kappa shape index (κ2) is 52.3. The number of ether oxygens (including phenoxy) is 2. The normalized spacial score (nSPS) is 16.0. The molecular weight excluding hydrogens is 1650 g/mol. The summed E-state index contributed by atoms with van der Waals surface area (Å²) in [6.07, 6.45) is 3.40. The molecule has 578 valence electrons. The van der Waals surface area contributed by atoms with Crippen LogP contribution >= 0.6 is 0 Å². The minimum absolute atomic E-state index is 0. The number of hydrogen-bond donors (Lipinski definition) is 8. The summed E-state index contributed by atoms with van der Waals surface area (Å²) in [5, 5.41) is 59.1. The fraction of sp³-hybridized carbons (Fsp3) is 0.494. The summed E-state index contributed by atoms with van der Waals surface area (Å²) >= 11 is 0. The standard InChI is InChI=1S/C39H51N5O9.C37H53N5O8.CH4.2Gd/c40-35(22-31-9-11-32-3-1-2-4-33(32)21-31)36(46)28-53-27-30-7-5-29(6-8-30)10-12-34(45)23-41-13-15-42(24-37(47)48)17-19-44(26-39(51)52)20-18-43(16-14-41)25-38(49)50;1-29(43)23-39-15-19-41(25-36(46)47)21-17-40(18-22-42(20-16-39)26-37(48)49)24-33(44)13-11-31-7-9-32(10-8-31)27-50-28-35(45)34(38)14-12-30-5-3-2-4-6-30;;;/h1-9,11,21,35H,10,12-20,22-28,40H2,(H,47,48)(H,49,50)(H,51,52);2-10,34,43H,1,11-28,38H2,(H,46,47)(H,48,49);1H4;;/q;;;2*+3/t35-;34-;;;/m11.../s1. The van der Waals surface area contributed by atoms with E-state index in [1.807, 2.05) is 140 Å². The van der Waals surface area contributed by atoms with Crippen LogP contribution in [0.15, 0.2) is 134 Å². The van der Waals surface area contributed by atoms with E-state index in [-0.39, 0.29) is 201 Å². The molecule has 0 unspecified atom stereocenters. The van der Waals surface area contributed by atoms with Crippen molar-refractivity contribution in [1.29, 1.82) is 0 Å². The number of hydrogen-bond acceptors (Lipinski definition) is 22. The number of carbonyl (C=O) groups is 9. The maximum atomic E-state index is 13.1.